The Morgan fingerprint density at radius 3 is 3.08 bits per heavy atom. The predicted octanol–water partition coefficient (Wildman–Crippen LogP) is 0.427. The van der Waals surface area contributed by atoms with Gasteiger partial charge in [-0.2, -0.15) is 0 Å². The second-order valence-corrected chi connectivity index (χ2v) is 2.70. The molecule has 4 heteroatoms. The molecule has 2 aromatic rings. The molecular formula is C8H10N4. The predicted molar refractivity (Wildman–Crippen MR) is 46.4 cm³/mol. The lowest BCUT2D eigenvalue weighted by atomic mass is 10.3. The van der Waals surface area contributed by atoms with E-state index in [-0.39, 0.29) is 0 Å². The van der Waals surface area contributed by atoms with E-state index in [1.807, 2.05) is 23.7 Å². The van der Waals surface area contributed by atoms with Crippen LogP contribution in [0.15, 0.2) is 18.5 Å². The van der Waals surface area contributed by atoms with E-state index in [9.17, 15) is 0 Å². The third kappa shape index (κ3) is 0.967. The fourth-order valence-electron chi connectivity index (χ4n) is 1.17. The Morgan fingerprint density at radius 2 is 2.33 bits per heavy atom. The van der Waals surface area contributed by atoms with Gasteiger partial charge >= 0.3 is 0 Å². The average Bonchev–Trinajstić information content (AvgIpc) is 2.47. The topological polar surface area (TPSA) is 56.7 Å². The number of fused-ring (bicyclic) bond motifs is 1. The van der Waals surface area contributed by atoms with Gasteiger partial charge in [0.25, 0.3) is 0 Å². The van der Waals surface area contributed by atoms with Crippen LogP contribution in [0.5, 0.6) is 0 Å². The second kappa shape index (κ2) is 2.57. The maximum Gasteiger partial charge on any atom is 0.177 e. The van der Waals surface area contributed by atoms with Gasteiger partial charge in [-0.15, -0.1) is 0 Å². The molecule has 0 aliphatic heterocycles. The van der Waals surface area contributed by atoms with Crippen molar-refractivity contribution in [1.82, 2.24) is 14.5 Å². The minimum Gasteiger partial charge on any atom is -0.332 e. The highest BCUT2D eigenvalue weighted by atomic mass is 15.1. The Hall–Kier alpha value is -1.42. The molecule has 0 fully saturated rings. The van der Waals surface area contributed by atoms with Crippen molar-refractivity contribution in [3.63, 3.8) is 0 Å². The highest BCUT2D eigenvalue weighted by Crippen LogP contribution is 2.08. The maximum absolute atomic E-state index is 5.45. The fraction of sp³-hybridized carbons (Fsp3) is 0.250. The molecule has 0 bridgehead atoms. The van der Waals surface area contributed by atoms with Gasteiger partial charge in [-0.3, -0.25) is 0 Å². The summed E-state index contributed by atoms with van der Waals surface area (Å²) >= 11 is 0. The van der Waals surface area contributed by atoms with E-state index in [0.717, 1.165) is 16.9 Å². The van der Waals surface area contributed by atoms with Crippen LogP contribution in [-0.4, -0.2) is 14.5 Å². The SMILES string of the molecule is Cn1cnc2nc(CN)ccc21. The zero-order chi connectivity index (χ0) is 8.55. The van der Waals surface area contributed by atoms with E-state index in [2.05, 4.69) is 9.97 Å². The van der Waals surface area contributed by atoms with Gasteiger partial charge in [0.05, 0.1) is 17.5 Å². The number of hydrogen-bond donors (Lipinski definition) is 1. The third-order valence-electron chi connectivity index (χ3n) is 1.85. The van der Waals surface area contributed by atoms with Crippen molar-refractivity contribution in [2.45, 2.75) is 6.54 Å². The van der Waals surface area contributed by atoms with E-state index in [0.29, 0.717) is 6.54 Å². The van der Waals surface area contributed by atoms with E-state index in [4.69, 9.17) is 5.73 Å². The van der Waals surface area contributed by atoms with Crippen molar-refractivity contribution in [3.05, 3.63) is 24.2 Å². The van der Waals surface area contributed by atoms with Crippen molar-refractivity contribution in [2.75, 3.05) is 0 Å². The molecule has 0 amide bonds. The fourth-order valence-corrected chi connectivity index (χ4v) is 1.17. The third-order valence-corrected chi connectivity index (χ3v) is 1.85. The van der Waals surface area contributed by atoms with Gasteiger partial charge in [0, 0.05) is 13.6 Å². The normalized spacial score (nSPS) is 10.8. The summed E-state index contributed by atoms with van der Waals surface area (Å²) in [6, 6.07) is 3.90. The van der Waals surface area contributed by atoms with Crippen molar-refractivity contribution >= 4 is 11.2 Å². The van der Waals surface area contributed by atoms with E-state index in [1.165, 1.54) is 0 Å². The lowest BCUT2D eigenvalue weighted by molar-refractivity contribution is 0.947. The Labute approximate surface area is 70.0 Å². The number of aromatic nitrogens is 3. The number of hydrogen-bond acceptors (Lipinski definition) is 3. The molecule has 0 aliphatic rings. The molecule has 2 rings (SSSR count). The second-order valence-electron chi connectivity index (χ2n) is 2.70. The van der Waals surface area contributed by atoms with Gasteiger partial charge in [0.15, 0.2) is 5.65 Å². The molecule has 2 N–H and O–H groups in total. The summed E-state index contributed by atoms with van der Waals surface area (Å²) in [4.78, 5) is 8.38. The quantitative estimate of drug-likeness (QED) is 0.661. The number of aryl methyl sites for hydroxylation is 1. The molecule has 0 saturated heterocycles. The molecule has 2 aromatic heterocycles. The summed E-state index contributed by atoms with van der Waals surface area (Å²) in [6.45, 7) is 0.465. The molecule has 0 aromatic carbocycles. The first kappa shape index (κ1) is 7.24. The molecule has 0 aliphatic carbocycles. The summed E-state index contributed by atoms with van der Waals surface area (Å²) in [7, 11) is 1.94. The van der Waals surface area contributed by atoms with E-state index >= 15 is 0 Å². The summed E-state index contributed by atoms with van der Waals surface area (Å²) in [5.74, 6) is 0. The van der Waals surface area contributed by atoms with Gasteiger partial charge in [0.2, 0.25) is 0 Å². The highest BCUT2D eigenvalue weighted by Gasteiger charge is 2.00. The van der Waals surface area contributed by atoms with E-state index < -0.39 is 0 Å². The van der Waals surface area contributed by atoms with Gasteiger partial charge in [0.1, 0.15) is 0 Å². The zero-order valence-electron chi connectivity index (χ0n) is 6.86. The average molecular weight is 162 g/mol. The first-order valence-corrected chi connectivity index (χ1v) is 3.78. The largest absolute Gasteiger partial charge is 0.332 e. The van der Waals surface area contributed by atoms with Gasteiger partial charge < -0.3 is 10.3 Å². The molecule has 0 unspecified atom stereocenters. The summed E-state index contributed by atoms with van der Waals surface area (Å²) in [5, 5.41) is 0. The summed E-state index contributed by atoms with van der Waals surface area (Å²) in [6.07, 6.45) is 1.75. The van der Waals surface area contributed by atoms with Crippen molar-refractivity contribution in [3.8, 4) is 0 Å². The molecule has 62 valence electrons. The van der Waals surface area contributed by atoms with Crippen LogP contribution in [0.2, 0.25) is 0 Å². The van der Waals surface area contributed by atoms with Crippen LogP contribution < -0.4 is 5.73 Å². The molecule has 0 atom stereocenters. The summed E-state index contributed by atoms with van der Waals surface area (Å²) in [5.41, 5.74) is 8.13. The Kier molecular flexibility index (Phi) is 1.55. The molecule has 4 nitrogen and oxygen atoms in total. The Morgan fingerprint density at radius 1 is 1.50 bits per heavy atom. The first-order valence-electron chi connectivity index (χ1n) is 3.78. The zero-order valence-corrected chi connectivity index (χ0v) is 6.86. The molecular weight excluding hydrogens is 152 g/mol. The minimum atomic E-state index is 0.465. The van der Waals surface area contributed by atoms with E-state index in [1.54, 1.807) is 6.33 Å². The van der Waals surface area contributed by atoms with Crippen molar-refractivity contribution in [1.29, 1.82) is 0 Å². The molecule has 2 heterocycles. The lowest BCUT2D eigenvalue weighted by Crippen LogP contribution is -1.99. The van der Waals surface area contributed by atoms with Crippen LogP contribution in [0.1, 0.15) is 5.69 Å². The summed E-state index contributed by atoms with van der Waals surface area (Å²) < 4.78 is 1.93. The Balaban J connectivity index is 2.69. The van der Waals surface area contributed by atoms with Crippen LogP contribution in [0.3, 0.4) is 0 Å². The van der Waals surface area contributed by atoms with Crippen LogP contribution in [-0.2, 0) is 13.6 Å². The molecule has 12 heavy (non-hydrogen) atoms. The number of nitrogens with zero attached hydrogens (tertiary/aromatic N) is 3. The number of imidazole rings is 1. The minimum absolute atomic E-state index is 0.465. The van der Waals surface area contributed by atoms with Crippen LogP contribution in [0.4, 0.5) is 0 Å². The van der Waals surface area contributed by atoms with Gasteiger partial charge in [-0.25, -0.2) is 9.97 Å². The number of pyridine rings is 1. The smallest absolute Gasteiger partial charge is 0.177 e. The highest BCUT2D eigenvalue weighted by molar-refractivity contribution is 5.70. The number of nitrogens with two attached hydrogens (primary N) is 1. The van der Waals surface area contributed by atoms with Gasteiger partial charge in [-0.05, 0) is 12.1 Å². The van der Waals surface area contributed by atoms with Gasteiger partial charge in [-0.1, -0.05) is 0 Å². The first-order chi connectivity index (χ1) is 5.81. The van der Waals surface area contributed by atoms with Crippen LogP contribution in [0.25, 0.3) is 11.2 Å². The standard InChI is InChI=1S/C8H10N4/c1-12-5-10-8-7(12)3-2-6(4-9)11-8/h2-3,5H,4,9H2,1H3. The maximum atomic E-state index is 5.45. The van der Waals surface area contributed by atoms with Crippen LogP contribution in [0, 0.1) is 0 Å². The molecule has 0 saturated carbocycles. The Bertz CT molecular complexity index is 404. The van der Waals surface area contributed by atoms with Crippen molar-refractivity contribution < 1.29 is 0 Å². The molecule has 0 radical (unpaired) electrons. The van der Waals surface area contributed by atoms with Crippen LogP contribution >= 0.6 is 0 Å². The monoisotopic (exact) mass is 162 g/mol. The van der Waals surface area contributed by atoms with Crippen molar-refractivity contribution in [2.24, 2.45) is 12.8 Å². The lowest BCUT2D eigenvalue weighted by Gasteiger charge is -1.95. The molecule has 0 spiro atoms. The number of rotatable bonds is 1.